The number of aryl methyl sites for hydroxylation is 1. The van der Waals surface area contributed by atoms with E-state index in [0.717, 1.165) is 18.2 Å². The molecule has 48 heavy (non-hydrogen) atoms. The van der Waals surface area contributed by atoms with Crippen LogP contribution in [0.15, 0.2) is 54.1 Å². The third-order valence-electron chi connectivity index (χ3n) is 8.36. The Labute approximate surface area is 268 Å². The Bertz CT molecular complexity index is 2010. The fourth-order valence-corrected chi connectivity index (χ4v) is 5.96. The first kappa shape index (κ1) is 32.5. The van der Waals surface area contributed by atoms with Gasteiger partial charge in [0.1, 0.15) is 11.3 Å². The number of benzene rings is 1. The summed E-state index contributed by atoms with van der Waals surface area (Å²) in [4.78, 5) is 40.4. The van der Waals surface area contributed by atoms with Gasteiger partial charge in [0.15, 0.2) is 5.69 Å². The fraction of sp³-hybridized carbons (Fsp3) is 0.367. The van der Waals surface area contributed by atoms with Gasteiger partial charge >= 0.3 is 12.4 Å². The minimum atomic E-state index is -4.80. The van der Waals surface area contributed by atoms with Crippen molar-refractivity contribution in [1.82, 2.24) is 34.4 Å². The molecule has 4 aromatic rings. The zero-order valence-corrected chi connectivity index (χ0v) is 25.2. The molecule has 18 heteroatoms. The molecule has 250 valence electrons. The van der Waals surface area contributed by atoms with Crippen LogP contribution in [0.25, 0.3) is 16.6 Å². The topological polar surface area (TPSA) is 129 Å². The average molecular weight is 673 g/mol. The largest absolute Gasteiger partial charge is 0.435 e. The molecule has 2 aliphatic rings. The molecule has 0 N–H and O–H groups in total. The molecule has 12 nitrogen and oxygen atoms in total. The second-order valence-electron chi connectivity index (χ2n) is 11.4. The molecule has 0 spiro atoms. The van der Waals surface area contributed by atoms with Crippen molar-refractivity contribution in [3.63, 3.8) is 0 Å². The molecule has 1 unspecified atom stereocenters. The van der Waals surface area contributed by atoms with Crippen LogP contribution < -0.4 is 15.4 Å². The van der Waals surface area contributed by atoms with E-state index >= 15 is 0 Å². The van der Waals surface area contributed by atoms with Crippen LogP contribution in [-0.2, 0) is 17.1 Å². The van der Waals surface area contributed by atoms with E-state index in [1.807, 2.05) is 0 Å². The fourth-order valence-electron chi connectivity index (χ4n) is 5.96. The van der Waals surface area contributed by atoms with Gasteiger partial charge in [-0.1, -0.05) is 18.7 Å². The molecule has 0 aliphatic carbocycles. The van der Waals surface area contributed by atoms with Crippen LogP contribution in [0.1, 0.15) is 29.3 Å². The van der Waals surface area contributed by atoms with Gasteiger partial charge in [-0.2, -0.15) is 51.5 Å². The van der Waals surface area contributed by atoms with Crippen LogP contribution >= 0.6 is 0 Å². The van der Waals surface area contributed by atoms with Gasteiger partial charge in [0.2, 0.25) is 11.9 Å². The van der Waals surface area contributed by atoms with Gasteiger partial charge in [0, 0.05) is 38.9 Å². The zero-order valence-electron chi connectivity index (χ0n) is 25.2. The van der Waals surface area contributed by atoms with Crippen molar-refractivity contribution in [1.29, 1.82) is 5.26 Å². The van der Waals surface area contributed by atoms with E-state index < -0.39 is 46.9 Å². The van der Waals surface area contributed by atoms with Crippen molar-refractivity contribution in [2.45, 2.75) is 37.8 Å². The lowest BCUT2D eigenvalue weighted by atomic mass is 10.1. The molecular formula is C30H26F6N10O2. The Kier molecular flexibility index (Phi) is 8.09. The SMILES string of the molecule is C=CC(=O)N1CCN(c2nc(N3CC(n4ccc(C(F)(F)F)n4)C3)nc3c(=O)n(-c4cccc(C)c4C(F)(F)F)ncc23)CC1CC#N. The van der Waals surface area contributed by atoms with E-state index in [2.05, 4.69) is 32.8 Å². The average Bonchev–Trinajstić information content (AvgIpc) is 3.50. The van der Waals surface area contributed by atoms with Gasteiger partial charge < -0.3 is 14.7 Å². The Morgan fingerprint density at radius 2 is 1.81 bits per heavy atom. The first-order chi connectivity index (χ1) is 22.7. The number of aromatic nitrogens is 6. The van der Waals surface area contributed by atoms with Crippen molar-refractivity contribution >= 4 is 28.6 Å². The highest BCUT2D eigenvalue weighted by Crippen LogP contribution is 2.37. The van der Waals surface area contributed by atoms with Gasteiger partial charge in [-0.05, 0) is 30.7 Å². The molecule has 6 rings (SSSR count). The number of alkyl halides is 6. The number of rotatable bonds is 6. The summed E-state index contributed by atoms with van der Waals surface area (Å²) in [5, 5.41) is 17.3. The Hall–Kier alpha value is -5.47. The highest BCUT2D eigenvalue weighted by molar-refractivity contribution is 5.90. The second-order valence-corrected chi connectivity index (χ2v) is 11.4. The summed E-state index contributed by atoms with van der Waals surface area (Å²) in [5.41, 5.74) is -3.91. The van der Waals surface area contributed by atoms with E-state index in [4.69, 9.17) is 0 Å². The van der Waals surface area contributed by atoms with Crippen LogP contribution in [-0.4, -0.2) is 79.1 Å². The molecule has 2 aliphatic heterocycles. The summed E-state index contributed by atoms with van der Waals surface area (Å²) in [5.74, 6) is -0.165. The standard InChI is InChI=1S/C30H26F6N10O2/c1-3-23(47)44-12-11-42(14-18(44)7-9-37)26-20-13-38-46(21-6-4-5-17(2)24(21)30(34,35)36)27(48)25(20)39-28(40-26)43-15-19(16-43)45-10-8-22(41-45)29(31,32)33/h3-6,8,10,13,18-19H,1,7,11-12,14-16H2,2H3. The van der Waals surface area contributed by atoms with Crippen LogP contribution in [0, 0.1) is 18.3 Å². The number of carbonyl (C=O) groups is 1. The smallest absolute Gasteiger partial charge is 0.352 e. The minimum absolute atomic E-state index is 0.00789. The van der Waals surface area contributed by atoms with Gasteiger partial charge in [-0.25, -0.2) is 4.98 Å². The van der Waals surface area contributed by atoms with Crippen molar-refractivity contribution in [2.24, 2.45) is 0 Å². The molecule has 0 saturated carbocycles. The predicted octanol–water partition coefficient (Wildman–Crippen LogP) is 3.90. The van der Waals surface area contributed by atoms with E-state index in [0.29, 0.717) is 4.68 Å². The summed E-state index contributed by atoms with van der Waals surface area (Å²) in [6.45, 7) is 5.53. The number of nitriles is 1. The number of carbonyl (C=O) groups excluding carboxylic acids is 1. The number of piperazine rings is 1. The Balaban J connectivity index is 1.44. The third kappa shape index (κ3) is 5.80. The maximum Gasteiger partial charge on any atom is 0.435 e. The lowest BCUT2D eigenvalue weighted by molar-refractivity contribution is -0.141. The highest BCUT2D eigenvalue weighted by Gasteiger charge is 2.39. The number of hydrogen-bond donors (Lipinski definition) is 0. The molecule has 5 heterocycles. The van der Waals surface area contributed by atoms with Crippen LogP contribution in [0.3, 0.4) is 0 Å². The van der Waals surface area contributed by atoms with Crippen LogP contribution in [0.4, 0.5) is 38.1 Å². The number of nitrogens with zero attached hydrogens (tertiary/aromatic N) is 10. The summed E-state index contributed by atoms with van der Waals surface area (Å²) >= 11 is 0. The Morgan fingerprint density at radius 3 is 2.46 bits per heavy atom. The van der Waals surface area contributed by atoms with Crippen LogP contribution in [0.5, 0.6) is 0 Å². The molecule has 1 atom stereocenters. The van der Waals surface area contributed by atoms with Gasteiger partial charge in [0.25, 0.3) is 5.56 Å². The maximum atomic E-state index is 14.1. The van der Waals surface area contributed by atoms with E-state index in [1.54, 1.807) is 9.80 Å². The molecule has 0 bridgehead atoms. The molecule has 0 radical (unpaired) electrons. The lowest BCUT2D eigenvalue weighted by Gasteiger charge is -2.42. The quantitative estimate of drug-likeness (QED) is 0.221. The highest BCUT2D eigenvalue weighted by atomic mass is 19.4. The van der Waals surface area contributed by atoms with E-state index in [1.165, 1.54) is 41.0 Å². The van der Waals surface area contributed by atoms with Crippen molar-refractivity contribution in [2.75, 3.05) is 42.5 Å². The third-order valence-corrected chi connectivity index (χ3v) is 8.36. The second kappa shape index (κ2) is 12.0. The molecule has 3 aromatic heterocycles. The first-order valence-electron chi connectivity index (χ1n) is 14.6. The summed E-state index contributed by atoms with van der Waals surface area (Å²) < 4.78 is 83.5. The summed E-state index contributed by atoms with van der Waals surface area (Å²) in [6, 6.07) is 5.63. The number of halogens is 6. The number of amides is 1. The van der Waals surface area contributed by atoms with Crippen molar-refractivity contribution < 1.29 is 31.1 Å². The first-order valence-corrected chi connectivity index (χ1v) is 14.6. The molecule has 1 aromatic carbocycles. The zero-order chi connectivity index (χ0) is 34.5. The summed E-state index contributed by atoms with van der Waals surface area (Å²) in [6.07, 6.45) is -5.90. The lowest BCUT2D eigenvalue weighted by Crippen LogP contribution is -2.55. The normalized spacial score (nSPS) is 17.4. The number of fused-ring (bicyclic) bond motifs is 1. The van der Waals surface area contributed by atoms with E-state index in [-0.39, 0.29) is 73.3 Å². The van der Waals surface area contributed by atoms with Crippen molar-refractivity contribution in [3.05, 3.63) is 76.5 Å². The minimum Gasteiger partial charge on any atom is -0.352 e. The summed E-state index contributed by atoms with van der Waals surface area (Å²) in [7, 11) is 0. The monoisotopic (exact) mass is 672 g/mol. The molecule has 2 saturated heterocycles. The van der Waals surface area contributed by atoms with Gasteiger partial charge in [-0.15, -0.1) is 0 Å². The predicted molar refractivity (Wildman–Crippen MR) is 159 cm³/mol. The van der Waals surface area contributed by atoms with Crippen molar-refractivity contribution in [3.8, 4) is 11.8 Å². The van der Waals surface area contributed by atoms with E-state index in [9.17, 15) is 41.2 Å². The maximum absolute atomic E-state index is 14.1. The molecular weight excluding hydrogens is 646 g/mol. The van der Waals surface area contributed by atoms with Gasteiger partial charge in [-0.3, -0.25) is 14.3 Å². The number of hydrogen-bond acceptors (Lipinski definition) is 9. The Morgan fingerprint density at radius 1 is 1.06 bits per heavy atom. The molecule has 2 fully saturated rings. The van der Waals surface area contributed by atoms with Crippen LogP contribution in [0.2, 0.25) is 0 Å². The molecule has 1 amide bonds. The number of anilines is 2. The van der Waals surface area contributed by atoms with Gasteiger partial charge in [0.05, 0.1) is 47.4 Å².